The second kappa shape index (κ2) is 16.0. The first-order valence-electron chi connectivity index (χ1n) is 22.4. The van der Waals surface area contributed by atoms with Crippen molar-refractivity contribution in [3.63, 3.8) is 0 Å². The summed E-state index contributed by atoms with van der Waals surface area (Å²) in [5.41, 5.74) is 15.4. The Morgan fingerprint density at radius 2 is 0.882 bits per heavy atom. The van der Waals surface area contributed by atoms with Crippen molar-refractivity contribution in [3.8, 4) is 68.0 Å². The molecule has 0 spiro atoms. The van der Waals surface area contributed by atoms with E-state index in [2.05, 4.69) is 146 Å². The van der Waals surface area contributed by atoms with Crippen molar-refractivity contribution in [1.82, 2.24) is 9.13 Å². The van der Waals surface area contributed by atoms with E-state index >= 15 is 0 Å². The highest BCUT2D eigenvalue weighted by molar-refractivity contribution is 6.13. The molecule has 11 rings (SSSR count). The summed E-state index contributed by atoms with van der Waals surface area (Å²) >= 11 is 0. The smallest absolute Gasteiger partial charge is 0.309 e. The number of hydrogen-bond donors (Lipinski definition) is 0. The van der Waals surface area contributed by atoms with E-state index in [1.165, 1.54) is 28.3 Å². The zero-order chi connectivity index (χ0) is 47.0. The highest BCUT2D eigenvalue weighted by atomic mass is 19.4. The molecule has 68 heavy (non-hydrogen) atoms. The fourth-order valence-corrected chi connectivity index (χ4v) is 10.4. The van der Waals surface area contributed by atoms with Gasteiger partial charge in [0, 0.05) is 38.2 Å². The zero-order valence-electron chi connectivity index (χ0n) is 37.7. The quantitative estimate of drug-likeness (QED) is 0.167. The first-order valence-corrected chi connectivity index (χ1v) is 22.4. The lowest BCUT2D eigenvalue weighted by Gasteiger charge is -2.23. The van der Waals surface area contributed by atoms with Crippen LogP contribution in [0.3, 0.4) is 0 Å². The molecule has 0 N–H and O–H groups in total. The van der Waals surface area contributed by atoms with Crippen molar-refractivity contribution in [1.29, 1.82) is 10.5 Å². The molecule has 2 heterocycles. The maximum Gasteiger partial charge on any atom is 0.416 e. The Morgan fingerprint density at radius 3 is 1.40 bits per heavy atom. The third-order valence-electron chi connectivity index (χ3n) is 13.4. The van der Waals surface area contributed by atoms with Gasteiger partial charge in [0.25, 0.3) is 0 Å². The molecule has 0 aliphatic rings. The molecule has 0 saturated heterocycles. The van der Waals surface area contributed by atoms with Crippen LogP contribution in [0.15, 0.2) is 176 Å². The van der Waals surface area contributed by atoms with Gasteiger partial charge in [-0.25, -0.2) is 0 Å². The summed E-state index contributed by atoms with van der Waals surface area (Å²) in [4.78, 5) is 0. The van der Waals surface area contributed by atoms with Gasteiger partial charge in [0.05, 0.1) is 62.3 Å². The fourth-order valence-electron chi connectivity index (χ4n) is 10.4. The zero-order valence-corrected chi connectivity index (χ0v) is 37.7. The number of rotatable bonds is 6. The summed E-state index contributed by atoms with van der Waals surface area (Å²) < 4.78 is 47.2. The van der Waals surface area contributed by atoms with Gasteiger partial charge in [0.15, 0.2) is 0 Å². The van der Waals surface area contributed by atoms with Gasteiger partial charge < -0.3 is 9.13 Å². The summed E-state index contributed by atoms with van der Waals surface area (Å²) in [6.45, 7) is 8.42. The molecule has 0 radical (unpaired) electrons. The van der Waals surface area contributed by atoms with E-state index in [4.69, 9.17) is 0 Å². The Balaban J connectivity index is 1.26. The molecule has 0 aliphatic heterocycles. The van der Waals surface area contributed by atoms with Gasteiger partial charge in [-0.3, -0.25) is 0 Å². The Bertz CT molecular complexity index is 3980. The lowest BCUT2D eigenvalue weighted by Crippen LogP contribution is -2.07. The second-order valence-electron chi connectivity index (χ2n) is 17.7. The third kappa shape index (κ3) is 6.74. The normalized spacial score (nSPS) is 11.7. The molecule has 9 aromatic carbocycles. The standard InChI is InChI=1S/C61H41F3N4/c1-36-19-24-45(38(3)29-36)40-21-27-55-51(32-40)48-12-5-7-15-53(48)67(55)57-17-9-11-42(34-65)59(57)60-50(47-26-23-44(61(62,63)64)31-43(47)35-66)14-10-18-58(60)68-54-16-8-6-13-49(54)52-33-41(22-28-56(52)68)46-25-20-37(2)30-39(46)4/h5-33H,1-4H3. The number of alkyl halides is 3. The van der Waals surface area contributed by atoms with Crippen LogP contribution in [-0.2, 0) is 6.18 Å². The van der Waals surface area contributed by atoms with Gasteiger partial charge in [-0.2, -0.15) is 23.7 Å². The Hall–Kier alpha value is -8.65. The topological polar surface area (TPSA) is 57.4 Å². The molecule has 7 heteroatoms. The predicted octanol–water partition coefficient (Wildman–Crippen LogP) is 16.5. The fraction of sp³-hybridized carbons (Fsp3) is 0.0820. The molecule has 0 fully saturated rings. The van der Waals surface area contributed by atoms with Crippen LogP contribution in [0.4, 0.5) is 13.2 Å². The first kappa shape index (κ1) is 42.0. The summed E-state index contributed by atoms with van der Waals surface area (Å²) in [5, 5.41) is 25.9. The molecular weight excluding hydrogens is 846 g/mol. The molecule has 0 atom stereocenters. The highest BCUT2D eigenvalue weighted by Gasteiger charge is 2.32. The van der Waals surface area contributed by atoms with E-state index in [9.17, 15) is 23.7 Å². The minimum atomic E-state index is -4.66. The minimum absolute atomic E-state index is 0.134. The van der Waals surface area contributed by atoms with E-state index in [1.54, 1.807) is 6.07 Å². The third-order valence-corrected chi connectivity index (χ3v) is 13.4. The largest absolute Gasteiger partial charge is 0.416 e. The van der Waals surface area contributed by atoms with E-state index in [1.807, 2.05) is 54.6 Å². The van der Waals surface area contributed by atoms with Gasteiger partial charge in [0.2, 0.25) is 0 Å². The molecule has 0 bridgehead atoms. The van der Waals surface area contributed by atoms with E-state index in [0.29, 0.717) is 39.2 Å². The van der Waals surface area contributed by atoms with Crippen molar-refractivity contribution < 1.29 is 13.2 Å². The Kier molecular flexibility index (Phi) is 9.92. The number of nitriles is 2. The molecule has 0 saturated carbocycles. The van der Waals surface area contributed by atoms with Crippen molar-refractivity contribution in [3.05, 3.63) is 215 Å². The maximum absolute atomic E-state index is 14.3. The summed E-state index contributed by atoms with van der Waals surface area (Å²) in [6.07, 6.45) is -4.66. The average Bonchev–Trinajstić information content (AvgIpc) is 3.85. The van der Waals surface area contributed by atoms with Gasteiger partial charge >= 0.3 is 6.18 Å². The number of hydrogen-bond acceptors (Lipinski definition) is 2. The number of aryl methyl sites for hydroxylation is 4. The number of para-hydroxylation sites is 2. The van der Waals surface area contributed by atoms with Crippen molar-refractivity contribution >= 4 is 43.6 Å². The van der Waals surface area contributed by atoms with Crippen LogP contribution in [0, 0.1) is 50.4 Å². The average molecular weight is 887 g/mol. The van der Waals surface area contributed by atoms with Crippen LogP contribution in [-0.4, -0.2) is 9.13 Å². The summed E-state index contributed by atoms with van der Waals surface area (Å²) in [7, 11) is 0. The first-order chi connectivity index (χ1) is 32.9. The molecule has 0 unspecified atom stereocenters. The number of aromatic nitrogens is 2. The number of fused-ring (bicyclic) bond motifs is 6. The number of benzene rings is 9. The minimum Gasteiger partial charge on any atom is -0.309 e. The van der Waals surface area contributed by atoms with Gasteiger partial charge in [0.1, 0.15) is 0 Å². The highest BCUT2D eigenvalue weighted by Crippen LogP contribution is 2.48. The maximum atomic E-state index is 14.3. The predicted molar refractivity (Wildman–Crippen MR) is 270 cm³/mol. The monoisotopic (exact) mass is 886 g/mol. The van der Waals surface area contributed by atoms with Crippen LogP contribution < -0.4 is 0 Å². The van der Waals surface area contributed by atoms with E-state index in [0.717, 1.165) is 78.0 Å². The number of halogens is 3. The second-order valence-corrected chi connectivity index (χ2v) is 17.7. The Labute approximate surface area is 391 Å². The lowest BCUT2D eigenvalue weighted by atomic mass is 9.87. The molecule has 0 aliphatic carbocycles. The molecule has 4 nitrogen and oxygen atoms in total. The molecule has 0 amide bonds. The van der Waals surface area contributed by atoms with Crippen LogP contribution >= 0.6 is 0 Å². The van der Waals surface area contributed by atoms with Gasteiger partial charge in [-0.15, -0.1) is 0 Å². The molecule has 326 valence electrons. The lowest BCUT2D eigenvalue weighted by molar-refractivity contribution is -0.137. The van der Waals surface area contributed by atoms with Crippen LogP contribution in [0.5, 0.6) is 0 Å². The number of nitrogens with zero attached hydrogens (tertiary/aromatic N) is 4. The molecular formula is C61H41F3N4. The van der Waals surface area contributed by atoms with Crippen LogP contribution in [0.25, 0.3) is 99.5 Å². The summed E-state index contributed by atoms with van der Waals surface area (Å²) in [5.74, 6) is 0. The summed E-state index contributed by atoms with van der Waals surface area (Å²) in [6, 6.07) is 61.6. The SMILES string of the molecule is Cc1ccc(-c2ccc3c(c2)c2ccccc2n3-c2cccc(C#N)c2-c2c(-c3ccc(C(F)(F)F)cc3C#N)cccc2-n2c3ccccc3c3cc(-c4ccc(C)cc4C)ccc32)c(C)c1. The van der Waals surface area contributed by atoms with Gasteiger partial charge in [-0.05, 0) is 133 Å². The van der Waals surface area contributed by atoms with E-state index in [-0.39, 0.29) is 5.56 Å². The van der Waals surface area contributed by atoms with Crippen molar-refractivity contribution in [2.75, 3.05) is 0 Å². The van der Waals surface area contributed by atoms with Crippen molar-refractivity contribution in [2.24, 2.45) is 0 Å². The van der Waals surface area contributed by atoms with Crippen LogP contribution in [0.2, 0.25) is 0 Å². The van der Waals surface area contributed by atoms with Gasteiger partial charge in [-0.1, -0.05) is 120 Å². The van der Waals surface area contributed by atoms with Crippen molar-refractivity contribution in [2.45, 2.75) is 33.9 Å². The molecule has 11 aromatic rings. The Morgan fingerprint density at radius 1 is 0.397 bits per heavy atom. The van der Waals surface area contributed by atoms with Crippen LogP contribution in [0.1, 0.15) is 38.9 Å². The molecule has 2 aromatic heterocycles. The van der Waals surface area contributed by atoms with E-state index < -0.39 is 11.7 Å².